The summed E-state index contributed by atoms with van der Waals surface area (Å²) in [5.74, 6) is 1.73. The van der Waals surface area contributed by atoms with Gasteiger partial charge in [0.15, 0.2) is 17.5 Å². The molecule has 2 heterocycles. The third-order valence-electron chi connectivity index (χ3n) is 14.0. The third-order valence-corrected chi connectivity index (χ3v) is 14.0. The molecular formula is C67H49IrN4-. The smallest absolute Gasteiger partial charge is 0.165 e. The number of benzene rings is 9. The standard InChI is InChI=1S/C67H49N4.Ir/c1-43-35-44(2)37-54(36-43)55-25-11-12-26-56(55)57-32-30-50(40-60(57)49-29-33-59-58-27-13-14-28-61(58)67(3,4)62(59)41-49)63-34-31-53(42-68-63)66-70-64(51-23-15-21-47(38-51)45-17-7-5-8-18-45)69-65(71-66)52-24-16-22-48(39-52)46-19-9-6-10-20-46;/h5-29,31-42H,1-4H3;/q-1;. The number of fused-ring (bicyclic) bond motifs is 3. The summed E-state index contributed by atoms with van der Waals surface area (Å²) in [4.78, 5) is 20.6. The van der Waals surface area contributed by atoms with Gasteiger partial charge in [0.1, 0.15) is 0 Å². The van der Waals surface area contributed by atoms with E-state index in [9.17, 15) is 0 Å². The Balaban J connectivity index is 0.00000560. The third kappa shape index (κ3) is 8.72. The van der Waals surface area contributed by atoms with E-state index in [1.54, 1.807) is 0 Å². The number of hydrogen-bond acceptors (Lipinski definition) is 4. The first-order chi connectivity index (χ1) is 34.7. The second kappa shape index (κ2) is 19.2. The van der Waals surface area contributed by atoms with Crippen LogP contribution in [0.1, 0.15) is 36.1 Å². The fourth-order valence-electron chi connectivity index (χ4n) is 10.5. The van der Waals surface area contributed by atoms with E-state index in [1.165, 1.54) is 44.5 Å². The van der Waals surface area contributed by atoms with Crippen LogP contribution < -0.4 is 0 Å². The van der Waals surface area contributed by atoms with Crippen LogP contribution in [-0.4, -0.2) is 19.9 Å². The van der Waals surface area contributed by atoms with Gasteiger partial charge in [0.05, 0.1) is 0 Å². The number of pyridine rings is 1. The van der Waals surface area contributed by atoms with Crippen LogP contribution in [0, 0.1) is 19.9 Å². The summed E-state index contributed by atoms with van der Waals surface area (Å²) in [6.45, 7) is 9.03. The van der Waals surface area contributed by atoms with Crippen molar-refractivity contribution in [3.63, 3.8) is 0 Å². The monoisotopic (exact) mass is 1100 g/mol. The molecule has 0 unspecified atom stereocenters. The first-order valence-corrected chi connectivity index (χ1v) is 24.3. The first kappa shape index (κ1) is 46.2. The van der Waals surface area contributed by atoms with E-state index in [0.717, 1.165) is 72.5 Å². The Morgan fingerprint density at radius 2 is 0.861 bits per heavy atom. The second-order valence-electron chi connectivity index (χ2n) is 19.2. The fraction of sp³-hybridized carbons (Fsp3) is 0.0746. The van der Waals surface area contributed by atoms with Crippen LogP contribution in [0.25, 0.3) is 112 Å². The van der Waals surface area contributed by atoms with Gasteiger partial charge in [-0.25, -0.2) is 15.0 Å². The number of nitrogens with zero attached hydrogens (tertiary/aromatic N) is 4. The van der Waals surface area contributed by atoms with E-state index in [2.05, 4.69) is 240 Å². The predicted molar refractivity (Wildman–Crippen MR) is 292 cm³/mol. The molecule has 4 nitrogen and oxygen atoms in total. The van der Waals surface area contributed by atoms with Crippen molar-refractivity contribution in [3.8, 4) is 112 Å². The Kier molecular flexibility index (Phi) is 12.3. The van der Waals surface area contributed by atoms with Gasteiger partial charge in [-0.1, -0.05) is 236 Å². The molecule has 0 spiro atoms. The molecule has 0 saturated heterocycles. The molecule has 11 aromatic rings. The van der Waals surface area contributed by atoms with Gasteiger partial charge in [-0.05, 0) is 92.9 Å². The summed E-state index contributed by atoms with van der Waals surface area (Å²) in [5, 5.41) is 0. The minimum absolute atomic E-state index is 0. The molecule has 0 bridgehead atoms. The van der Waals surface area contributed by atoms with Crippen molar-refractivity contribution in [3.05, 3.63) is 253 Å². The molecule has 9 aromatic carbocycles. The van der Waals surface area contributed by atoms with E-state index in [1.807, 2.05) is 18.3 Å². The zero-order chi connectivity index (χ0) is 48.1. The minimum Gasteiger partial charge on any atom is -0.304 e. The molecule has 5 heteroatoms. The summed E-state index contributed by atoms with van der Waals surface area (Å²) >= 11 is 0. The Morgan fingerprint density at radius 3 is 1.47 bits per heavy atom. The molecule has 0 aliphatic heterocycles. The molecule has 1 aliphatic rings. The molecule has 0 N–H and O–H groups in total. The normalized spacial score (nSPS) is 12.2. The summed E-state index contributed by atoms with van der Waals surface area (Å²) in [6, 6.07) is 81.3. The number of aromatic nitrogens is 4. The van der Waals surface area contributed by atoms with Gasteiger partial charge < -0.3 is 4.98 Å². The van der Waals surface area contributed by atoms with E-state index in [4.69, 9.17) is 19.9 Å². The number of rotatable bonds is 9. The largest absolute Gasteiger partial charge is 0.304 e. The van der Waals surface area contributed by atoms with E-state index in [-0.39, 0.29) is 25.5 Å². The Bertz CT molecular complexity index is 3680. The van der Waals surface area contributed by atoms with Gasteiger partial charge in [0.2, 0.25) is 0 Å². The molecule has 12 rings (SSSR count). The predicted octanol–water partition coefficient (Wildman–Crippen LogP) is 17.0. The summed E-state index contributed by atoms with van der Waals surface area (Å²) in [5.41, 5.74) is 23.3. The van der Waals surface area contributed by atoms with Crippen molar-refractivity contribution in [1.82, 2.24) is 19.9 Å². The summed E-state index contributed by atoms with van der Waals surface area (Å²) in [7, 11) is 0. The molecule has 0 saturated carbocycles. The SMILES string of the molecule is Cc1cc(C)cc(-c2ccccc2-c2c[c-]c(-c3ccc(-c4nc(-c5cccc(-c6ccccc6)c5)nc(-c5cccc(-c6ccccc6)c5)n4)cn3)cc2-c2ccc3c(c2)C(C)(C)c2ccccc2-3)c1.[Ir]. The fourth-order valence-corrected chi connectivity index (χ4v) is 10.5. The molecular weight excluding hydrogens is 1050 g/mol. The molecule has 72 heavy (non-hydrogen) atoms. The topological polar surface area (TPSA) is 51.6 Å². The molecule has 1 radical (unpaired) electrons. The van der Waals surface area contributed by atoms with Crippen molar-refractivity contribution in [2.75, 3.05) is 0 Å². The first-order valence-electron chi connectivity index (χ1n) is 24.3. The van der Waals surface area contributed by atoms with Crippen LogP contribution in [0.4, 0.5) is 0 Å². The maximum absolute atomic E-state index is 5.15. The van der Waals surface area contributed by atoms with Gasteiger partial charge in [0.25, 0.3) is 0 Å². The number of hydrogen-bond donors (Lipinski definition) is 0. The average Bonchev–Trinajstić information content (AvgIpc) is 3.65. The zero-order valence-corrected chi connectivity index (χ0v) is 42.9. The van der Waals surface area contributed by atoms with Gasteiger partial charge in [0, 0.05) is 48.4 Å². The zero-order valence-electron chi connectivity index (χ0n) is 40.5. The van der Waals surface area contributed by atoms with Gasteiger partial charge in [-0.3, -0.25) is 0 Å². The molecule has 0 atom stereocenters. The minimum atomic E-state index is -0.148. The molecule has 1 aliphatic carbocycles. The van der Waals surface area contributed by atoms with Crippen LogP contribution in [0.2, 0.25) is 0 Å². The van der Waals surface area contributed by atoms with Crippen molar-refractivity contribution in [2.45, 2.75) is 33.1 Å². The van der Waals surface area contributed by atoms with Crippen LogP contribution >= 0.6 is 0 Å². The van der Waals surface area contributed by atoms with Gasteiger partial charge in [-0.15, -0.1) is 23.8 Å². The molecule has 2 aromatic heterocycles. The Labute approximate surface area is 435 Å². The maximum atomic E-state index is 5.15. The van der Waals surface area contributed by atoms with Crippen molar-refractivity contribution in [2.24, 2.45) is 0 Å². The molecule has 0 amide bonds. The van der Waals surface area contributed by atoms with Crippen molar-refractivity contribution in [1.29, 1.82) is 0 Å². The molecule has 347 valence electrons. The van der Waals surface area contributed by atoms with Crippen LogP contribution in [-0.2, 0) is 25.5 Å². The van der Waals surface area contributed by atoms with E-state index < -0.39 is 0 Å². The maximum Gasteiger partial charge on any atom is 0.165 e. The van der Waals surface area contributed by atoms with Crippen LogP contribution in [0.15, 0.2) is 225 Å². The molecule has 0 fully saturated rings. The van der Waals surface area contributed by atoms with Crippen molar-refractivity contribution >= 4 is 0 Å². The Hall–Kier alpha value is -8.21. The van der Waals surface area contributed by atoms with E-state index >= 15 is 0 Å². The van der Waals surface area contributed by atoms with Crippen molar-refractivity contribution < 1.29 is 20.1 Å². The second-order valence-corrected chi connectivity index (χ2v) is 19.2. The van der Waals surface area contributed by atoms with Gasteiger partial charge >= 0.3 is 0 Å². The average molecular weight is 1100 g/mol. The van der Waals surface area contributed by atoms with Crippen LogP contribution in [0.5, 0.6) is 0 Å². The quantitative estimate of drug-likeness (QED) is 0.135. The number of aryl methyl sites for hydroxylation is 2. The van der Waals surface area contributed by atoms with Crippen LogP contribution in [0.3, 0.4) is 0 Å². The van der Waals surface area contributed by atoms with Gasteiger partial charge in [-0.2, -0.15) is 0 Å². The Morgan fingerprint density at radius 1 is 0.347 bits per heavy atom. The summed E-state index contributed by atoms with van der Waals surface area (Å²) < 4.78 is 0. The van der Waals surface area contributed by atoms with E-state index in [0.29, 0.717) is 17.5 Å². The summed E-state index contributed by atoms with van der Waals surface area (Å²) in [6.07, 6.45) is 1.88.